The van der Waals surface area contributed by atoms with Gasteiger partial charge in [-0.3, -0.25) is 5.32 Å². The zero-order valence-corrected chi connectivity index (χ0v) is 9.09. The van der Waals surface area contributed by atoms with Crippen LogP contribution in [0, 0.1) is 11.6 Å². The van der Waals surface area contributed by atoms with E-state index < -0.39 is 17.7 Å². The number of anilines is 2. The van der Waals surface area contributed by atoms with E-state index in [0.717, 1.165) is 29.7 Å². The molecule has 8 heteroatoms. The van der Waals surface area contributed by atoms with Crippen molar-refractivity contribution >= 4 is 28.3 Å². The van der Waals surface area contributed by atoms with Crippen LogP contribution in [0.4, 0.5) is 24.3 Å². The van der Waals surface area contributed by atoms with Gasteiger partial charge in [0.05, 0.1) is 6.20 Å². The molecule has 0 radical (unpaired) electrons. The van der Waals surface area contributed by atoms with Crippen molar-refractivity contribution in [1.29, 1.82) is 0 Å². The van der Waals surface area contributed by atoms with Crippen LogP contribution >= 0.6 is 11.5 Å². The molecule has 0 saturated heterocycles. The monoisotopic (exact) mass is 256 g/mol. The van der Waals surface area contributed by atoms with Gasteiger partial charge >= 0.3 is 6.03 Å². The minimum absolute atomic E-state index is 0.0254. The standard InChI is InChI=1S/C9H6F2N4OS/c10-5-1-6(11)3-7(2-5)13-9(16)14-8-4-12-15-17-8/h1-4H,(H2,13,14,16). The van der Waals surface area contributed by atoms with Crippen LogP contribution in [-0.2, 0) is 0 Å². The Bertz CT molecular complexity index is 512. The topological polar surface area (TPSA) is 66.9 Å². The summed E-state index contributed by atoms with van der Waals surface area (Å²) in [6, 6.07) is 2.11. The van der Waals surface area contributed by atoms with Gasteiger partial charge in [-0.15, -0.1) is 5.10 Å². The summed E-state index contributed by atoms with van der Waals surface area (Å²) in [6.45, 7) is 0. The highest BCUT2D eigenvalue weighted by atomic mass is 32.1. The first kappa shape index (κ1) is 11.4. The zero-order valence-electron chi connectivity index (χ0n) is 8.28. The summed E-state index contributed by atoms with van der Waals surface area (Å²) in [5, 5.41) is 8.64. The van der Waals surface area contributed by atoms with Gasteiger partial charge in [0.15, 0.2) is 0 Å². The molecule has 1 aromatic heterocycles. The molecule has 0 unspecified atom stereocenters. The fraction of sp³-hybridized carbons (Fsp3) is 0. The van der Waals surface area contributed by atoms with Crippen LogP contribution in [0.15, 0.2) is 24.4 Å². The third kappa shape index (κ3) is 3.18. The lowest BCUT2D eigenvalue weighted by atomic mass is 10.3. The number of carbonyl (C=O) groups excluding carboxylic acids is 1. The molecule has 5 nitrogen and oxygen atoms in total. The van der Waals surface area contributed by atoms with Crippen molar-refractivity contribution in [2.75, 3.05) is 10.6 Å². The van der Waals surface area contributed by atoms with E-state index in [4.69, 9.17) is 0 Å². The van der Waals surface area contributed by atoms with Crippen LogP contribution in [-0.4, -0.2) is 15.6 Å². The van der Waals surface area contributed by atoms with E-state index in [1.807, 2.05) is 0 Å². The molecule has 0 spiro atoms. The van der Waals surface area contributed by atoms with Crippen LogP contribution in [0.3, 0.4) is 0 Å². The number of hydrogen-bond acceptors (Lipinski definition) is 4. The molecule has 0 saturated carbocycles. The Morgan fingerprint density at radius 1 is 1.18 bits per heavy atom. The highest BCUT2D eigenvalue weighted by Gasteiger charge is 2.06. The lowest BCUT2D eigenvalue weighted by Gasteiger charge is -2.05. The molecule has 2 N–H and O–H groups in total. The fourth-order valence-electron chi connectivity index (χ4n) is 1.12. The van der Waals surface area contributed by atoms with Gasteiger partial charge in [-0.1, -0.05) is 4.49 Å². The van der Waals surface area contributed by atoms with Gasteiger partial charge in [0.25, 0.3) is 0 Å². The number of nitrogens with zero attached hydrogens (tertiary/aromatic N) is 2. The second-order valence-corrected chi connectivity index (χ2v) is 3.80. The summed E-state index contributed by atoms with van der Waals surface area (Å²) in [7, 11) is 0. The maximum Gasteiger partial charge on any atom is 0.324 e. The maximum atomic E-state index is 12.8. The summed E-state index contributed by atoms with van der Waals surface area (Å²) in [5.41, 5.74) is 0.0254. The Labute approximate surface area is 98.6 Å². The van der Waals surface area contributed by atoms with Crippen molar-refractivity contribution in [1.82, 2.24) is 9.59 Å². The molecule has 1 heterocycles. The van der Waals surface area contributed by atoms with E-state index in [1.54, 1.807) is 0 Å². The second kappa shape index (κ2) is 4.83. The van der Waals surface area contributed by atoms with E-state index in [0.29, 0.717) is 5.00 Å². The Morgan fingerprint density at radius 3 is 2.47 bits per heavy atom. The average molecular weight is 256 g/mol. The molecule has 0 bridgehead atoms. The minimum Gasteiger partial charge on any atom is -0.307 e. The largest absolute Gasteiger partial charge is 0.324 e. The first-order valence-electron chi connectivity index (χ1n) is 4.45. The third-order valence-electron chi connectivity index (χ3n) is 1.72. The van der Waals surface area contributed by atoms with E-state index in [2.05, 4.69) is 20.2 Å². The quantitative estimate of drug-likeness (QED) is 0.867. The van der Waals surface area contributed by atoms with Crippen LogP contribution in [0.25, 0.3) is 0 Å². The smallest absolute Gasteiger partial charge is 0.307 e. The highest BCUT2D eigenvalue weighted by molar-refractivity contribution is 7.10. The number of halogens is 2. The second-order valence-electron chi connectivity index (χ2n) is 3.02. The molecule has 2 amide bonds. The molecular weight excluding hydrogens is 250 g/mol. The Morgan fingerprint density at radius 2 is 1.88 bits per heavy atom. The lowest BCUT2D eigenvalue weighted by molar-refractivity contribution is 0.262. The van der Waals surface area contributed by atoms with Crippen molar-refractivity contribution in [3.8, 4) is 0 Å². The van der Waals surface area contributed by atoms with Crippen molar-refractivity contribution in [3.63, 3.8) is 0 Å². The van der Waals surface area contributed by atoms with Crippen LogP contribution in [0.5, 0.6) is 0 Å². The van der Waals surface area contributed by atoms with Crippen molar-refractivity contribution in [2.45, 2.75) is 0 Å². The molecule has 0 atom stereocenters. The van der Waals surface area contributed by atoms with Crippen LogP contribution in [0.2, 0.25) is 0 Å². The molecule has 88 valence electrons. The average Bonchev–Trinajstić information content (AvgIpc) is 2.67. The summed E-state index contributed by atoms with van der Waals surface area (Å²) >= 11 is 0.987. The first-order chi connectivity index (χ1) is 8.13. The van der Waals surface area contributed by atoms with Gasteiger partial charge in [-0.2, -0.15) is 0 Å². The summed E-state index contributed by atoms with van der Waals surface area (Å²) < 4.78 is 29.2. The first-order valence-corrected chi connectivity index (χ1v) is 5.22. The zero-order chi connectivity index (χ0) is 12.3. The lowest BCUT2D eigenvalue weighted by Crippen LogP contribution is -2.18. The number of amides is 2. The summed E-state index contributed by atoms with van der Waals surface area (Å²) in [6.07, 6.45) is 1.36. The number of carbonyl (C=O) groups is 1. The SMILES string of the molecule is O=C(Nc1cc(F)cc(F)c1)Nc1cnns1. The molecule has 0 aliphatic heterocycles. The van der Waals surface area contributed by atoms with Gasteiger partial charge in [-0.05, 0) is 12.1 Å². The number of benzene rings is 1. The van der Waals surface area contributed by atoms with Crippen LogP contribution < -0.4 is 10.6 Å². The van der Waals surface area contributed by atoms with E-state index in [-0.39, 0.29) is 5.69 Å². The number of rotatable bonds is 2. The van der Waals surface area contributed by atoms with Gasteiger partial charge < -0.3 is 5.32 Å². The van der Waals surface area contributed by atoms with Gasteiger partial charge in [0.2, 0.25) is 0 Å². The third-order valence-corrected chi connectivity index (χ3v) is 2.30. The molecule has 2 aromatic rings. The molecular formula is C9H6F2N4OS. The molecule has 17 heavy (non-hydrogen) atoms. The normalized spacial score (nSPS) is 10.0. The maximum absolute atomic E-state index is 12.8. The van der Waals surface area contributed by atoms with Crippen molar-refractivity contribution in [3.05, 3.63) is 36.0 Å². The number of hydrogen-bond donors (Lipinski definition) is 2. The Kier molecular flexibility index (Phi) is 3.24. The minimum atomic E-state index is -0.764. The van der Waals surface area contributed by atoms with E-state index in [9.17, 15) is 13.6 Å². The predicted molar refractivity (Wildman–Crippen MR) is 58.9 cm³/mol. The number of aromatic nitrogens is 2. The van der Waals surface area contributed by atoms with Gasteiger partial charge in [0.1, 0.15) is 16.6 Å². The summed E-state index contributed by atoms with van der Waals surface area (Å²) in [4.78, 5) is 11.4. The number of nitrogens with one attached hydrogen (secondary N) is 2. The van der Waals surface area contributed by atoms with Crippen molar-refractivity contribution < 1.29 is 13.6 Å². The van der Waals surface area contributed by atoms with Gasteiger partial charge in [-0.25, -0.2) is 13.6 Å². The van der Waals surface area contributed by atoms with E-state index in [1.165, 1.54) is 6.20 Å². The van der Waals surface area contributed by atoms with E-state index >= 15 is 0 Å². The van der Waals surface area contributed by atoms with Crippen molar-refractivity contribution in [2.24, 2.45) is 0 Å². The van der Waals surface area contributed by atoms with Crippen LogP contribution in [0.1, 0.15) is 0 Å². The van der Waals surface area contributed by atoms with Gasteiger partial charge in [0, 0.05) is 23.3 Å². The molecule has 0 fully saturated rings. The Balaban J connectivity index is 2.03. The molecule has 0 aliphatic rings. The Hall–Kier alpha value is -2.09. The predicted octanol–water partition coefficient (Wildman–Crippen LogP) is 2.46. The fourth-order valence-corrected chi connectivity index (χ4v) is 1.54. The number of urea groups is 1. The molecule has 1 aromatic carbocycles. The molecule has 0 aliphatic carbocycles. The summed E-state index contributed by atoms with van der Waals surface area (Å²) in [5.74, 6) is -1.53. The highest BCUT2D eigenvalue weighted by Crippen LogP contribution is 2.14. The molecule has 2 rings (SSSR count).